The van der Waals surface area contributed by atoms with Crippen LogP contribution >= 0.6 is 11.6 Å². The highest BCUT2D eigenvalue weighted by Gasteiger charge is 2.29. The lowest BCUT2D eigenvalue weighted by Gasteiger charge is -2.19. The minimum atomic E-state index is -0.940. The van der Waals surface area contributed by atoms with Gasteiger partial charge in [-0.1, -0.05) is 11.6 Å². The molecule has 0 saturated carbocycles. The number of urea groups is 1. The number of nitrogens with zero attached hydrogens (tertiary/aromatic N) is 3. The summed E-state index contributed by atoms with van der Waals surface area (Å²) in [6, 6.07) is 5.44. The van der Waals surface area contributed by atoms with Crippen molar-refractivity contribution in [1.82, 2.24) is 9.88 Å². The molecule has 1 aliphatic heterocycles. The number of hydrogen-bond donors (Lipinski definition) is 1. The van der Waals surface area contributed by atoms with E-state index in [9.17, 15) is 13.6 Å². The molecule has 2 aromatic rings. The van der Waals surface area contributed by atoms with Crippen LogP contribution in [-0.2, 0) is 0 Å². The molecule has 1 atom stereocenters. The van der Waals surface area contributed by atoms with Crippen LogP contribution in [0.5, 0.6) is 5.88 Å². The van der Waals surface area contributed by atoms with Crippen molar-refractivity contribution in [2.24, 2.45) is 0 Å². The average molecular weight is 393 g/mol. The minimum Gasteiger partial charge on any atom is -0.472 e. The second-order valence-corrected chi connectivity index (χ2v) is 6.46. The van der Waals surface area contributed by atoms with Gasteiger partial charge in [0.2, 0.25) is 5.88 Å². The number of benzene rings is 1. The maximum absolute atomic E-state index is 14.2. The number of nitrogens with one attached hydrogen (secondary N) is 1. The Hall–Kier alpha value is -2.92. The summed E-state index contributed by atoms with van der Waals surface area (Å²) in [6.45, 7) is 2.00. The van der Waals surface area contributed by atoms with Gasteiger partial charge < -0.3 is 15.0 Å². The highest BCUT2D eigenvalue weighted by atomic mass is 35.5. The Bertz CT molecular complexity index is 915. The number of likely N-dealkylation sites (tertiary alicyclic amines) is 1. The standard InChI is InChI=1S/C18H15ClF2N4O2/c1-10-13(19)6-14(20)17(16(10)21)24-18(26)25-5-4-12(9-25)27-15-3-2-11(7-22)8-23-15/h2-3,6,8,12H,4-5,9H2,1H3,(H,24,26). The first-order chi connectivity index (χ1) is 12.9. The van der Waals surface area contributed by atoms with Crippen LogP contribution in [0.1, 0.15) is 17.5 Å². The third kappa shape index (κ3) is 4.09. The molecule has 1 aliphatic rings. The monoisotopic (exact) mass is 392 g/mol. The summed E-state index contributed by atoms with van der Waals surface area (Å²) >= 11 is 5.73. The molecule has 1 unspecified atom stereocenters. The maximum Gasteiger partial charge on any atom is 0.322 e. The molecule has 140 valence electrons. The summed E-state index contributed by atoms with van der Waals surface area (Å²) < 4.78 is 33.8. The smallest absolute Gasteiger partial charge is 0.322 e. The molecule has 6 nitrogen and oxygen atoms in total. The number of hydrogen-bond acceptors (Lipinski definition) is 4. The van der Waals surface area contributed by atoms with Gasteiger partial charge in [0, 0.05) is 35.8 Å². The quantitative estimate of drug-likeness (QED) is 0.859. The Balaban J connectivity index is 1.62. The van der Waals surface area contributed by atoms with E-state index in [-0.39, 0.29) is 23.2 Å². The van der Waals surface area contributed by atoms with Crippen LogP contribution in [0.2, 0.25) is 5.02 Å². The second kappa shape index (κ2) is 7.76. The van der Waals surface area contributed by atoms with E-state index in [1.807, 2.05) is 6.07 Å². The summed E-state index contributed by atoms with van der Waals surface area (Å²) in [5.41, 5.74) is -0.0556. The molecule has 1 saturated heterocycles. The molecular weight excluding hydrogens is 378 g/mol. The molecule has 0 radical (unpaired) electrons. The predicted molar refractivity (Wildman–Crippen MR) is 94.7 cm³/mol. The van der Waals surface area contributed by atoms with Crippen molar-refractivity contribution in [1.29, 1.82) is 5.26 Å². The zero-order valence-corrected chi connectivity index (χ0v) is 15.1. The van der Waals surface area contributed by atoms with Crippen LogP contribution < -0.4 is 10.1 Å². The molecule has 0 spiro atoms. The molecule has 27 heavy (non-hydrogen) atoms. The number of carbonyl (C=O) groups excluding carboxylic acids is 1. The average Bonchev–Trinajstić information content (AvgIpc) is 3.12. The third-order valence-corrected chi connectivity index (χ3v) is 4.61. The Kier molecular flexibility index (Phi) is 5.42. The van der Waals surface area contributed by atoms with Crippen LogP contribution in [0.15, 0.2) is 24.4 Å². The first kappa shape index (κ1) is 18.9. The molecule has 0 bridgehead atoms. The van der Waals surface area contributed by atoms with Gasteiger partial charge in [-0.05, 0) is 19.1 Å². The lowest BCUT2D eigenvalue weighted by molar-refractivity contribution is 0.190. The fourth-order valence-corrected chi connectivity index (χ4v) is 2.86. The molecule has 1 aromatic carbocycles. The van der Waals surface area contributed by atoms with E-state index in [2.05, 4.69) is 10.3 Å². The van der Waals surface area contributed by atoms with Gasteiger partial charge in [-0.2, -0.15) is 5.26 Å². The lowest BCUT2D eigenvalue weighted by atomic mass is 10.2. The van der Waals surface area contributed by atoms with Crippen LogP contribution in [0.3, 0.4) is 0 Å². The largest absolute Gasteiger partial charge is 0.472 e. The number of ether oxygens (including phenoxy) is 1. The van der Waals surface area contributed by atoms with Gasteiger partial charge in [-0.25, -0.2) is 18.6 Å². The van der Waals surface area contributed by atoms with E-state index >= 15 is 0 Å². The number of nitriles is 1. The molecule has 0 aliphatic carbocycles. The second-order valence-electron chi connectivity index (χ2n) is 6.06. The number of aromatic nitrogens is 1. The Morgan fingerprint density at radius 3 is 2.93 bits per heavy atom. The van der Waals surface area contributed by atoms with Gasteiger partial charge in [0.25, 0.3) is 0 Å². The molecule has 3 rings (SSSR count). The van der Waals surface area contributed by atoms with Crippen molar-refractivity contribution in [3.05, 3.63) is 52.2 Å². The fraction of sp³-hybridized carbons (Fsp3) is 0.278. The first-order valence-electron chi connectivity index (χ1n) is 8.12. The predicted octanol–water partition coefficient (Wildman–Crippen LogP) is 3.88. The highest BCUT2D eigenvalue weighted by molar-refractivity contribution is 6.31. The van der Waals surface area contributed by atoms with Crippen molar-refractivity contribution in [3.63, 3.8) is 0 Å². The summed E-state index contributed by atoms with van der Waals surface area (Å²) in [5.74, 6) is -1.50. The highest BCUT2D eigenvalue weighted by Crippen LogP contribution is 2.28. The van der Waals surface area contributed by atoms with E-state index in [1.165, 1.54) is 18.0 Å². The molecular formula is C18H15ClF2N4O2. The summed E-state index contributed by atoms with van der Waals surface area (Å²) in [4.78, 5) is 17.8. The van der Waals surface area contributed by atoms with Gasteiger partial charge in [0.05, 0.1) is 12.1 Å². The van der Waals surface area contributed by atoms with Crippen molar-refractivity contribution in [2.45, 2.75) is 19.4 Å². The Morgan fingerprint density at radius 2 is 2.26 bits per heavy atom. The Morgan fingerprint density at radius 1 is 1.48 bits per heavy atom. The van der Waals surface area contributed by atoms with E-state index < -0.39 is 23.4 Å². The van der Waals surface area contributed by atoms with E-state index in [4.69, 9.17) is 21.6 Å². The van der Waals surface area contributed by atoms with Crippen LogP contribution in [0.4, 0.5) is 19.3 Å². The van der Waals surface area contributed by atoms with Gasteiger partial charge in [0.15, 0.2) is 11.6 Å². The van der Waals surface area contributed by atoms with Crippen molar-refractivity contribution >= 4 is 23.3 Å². The van der Waals surface area contributed by atoms with E-state index in [0.717, 1.165) is 6.07 Å². The topological polar surface area (TPSA) is 78.3 Å². The molecule has 1 N–H and O–H groups in total. The number of anilines is 1. The van der Waals surface area contributed by atoms with Gasteiger partial charge in [0.1, 0.15) is 17.9 Å². The molecule has 2 heterocycles. The van der Waals surface area contributed by atoms with Gasteiger partial charge in [-0.15, -0.1) is 0 Å². The molecule has 1 aromatic heterocycles. The summed E-state index contributed by atoms with van der Waals surface area (Å²) in [7, 11) is 0. The fourth-order valence-electron chi connectivity index (χ4n) is 2.69. The number of pyridine rings is 1. The van der Waals surface area contributed by atoms with Crippen LogP contribution in [-0.4, -0.2) is 35.1 Å². The number of amides is 2. The molecule has 1 fully saturated rings. The lowest BCUT2D eigenvalue weighted by Crippen LogP contribution is -2.35. The maximum atomic E-state index is 14.2. The first-order valence-corrected chi connectivity index (χ1v) is 8.49. The summed E-state index contributed by atoms with van der Waals surface area (Å²) in [5, 5.41) is 11.0. The zero-order valence-electron chi connectivity index (χ0n) is 14.3. The Labute approximate surface area is 159 Å². The summed E-state index contributed by atoms with van der Waals surface area (Å²) in [6.07, 6.45) is 1.63. The normalized spacial score (nSPS) is 16.1. The number of carbonyl (C=O) groups is 1. The zero-order chi connectivity index (χ0) is 19.6. The van der Waals surface area contributed by atoms with Crippen molar-refractivity contribution in [3.8, 4) is 11.9 Å². The number of rotatable bonds is 3. The molecule has 9 heteroatoms. The van der Waals surface area contributed by atoms with Crippen LogP contribution in [0, 0.1) is 29.9 Å². The SMILES string of the molecule is Cc1c(Cl)cc(F)c(NC(=O)N2CCC(Oc3ccc(C#N)cn3)C2)c1F. The third-order valence-electron chi connectivity index (χ3n) is 4.22. The van der Waals surface area contributed by atoms with Gasteiger partial charge >= 0.3 is 6.03 Å². The minimum absolute atomic E-state index is 0.0486. The molecule has 2 amide bonds. The van der Waals surface area contributed by atoms with Crippen LogP contribution in [0.25, 0.3) is 0 Å². The van der Waals surface area contributed by atoms with E-state index in [1.54, 1.807) is 12.1 Å². The van der Waals surface area contributed by atoms with Crippen molar-refractivity contribution in [2.75, 3.05) is 18.4 Å². The van der Waals surface area contributed by atoms with E-state index in [0.29, 0.717) is 24.4 Å². The number of halogens is 3. The van der Waals surface area contributed by atoms with Gasteiger partial charge in [-0.3, -0.25) is 0 Å². The van der Waals surface area contributed by atoms with Crippen molar-refractivity contribution < 1.29 is 18.3 Å².